The van der Waals surface area contributed by atoms with Crippen LogP contribution < -0.4 is 0 Å². The van der Waals surface area contributed by atoms with Gasteiger partial charge in [0.1, 0.15) is 6.10 Å². The van der Waals surface area contributed by atoms with Gasteiger partial charge in [-0.2, -0.15) is 0 Å². The lowest BCUT2D eigenvalue weighted by molar-refractivity contribution is -0.0906. The first-order valence-electron chi connectivity index (χ1n) is 7.56. The van der Waals surface area contributed by atoms with Crippen LogP contribution in [0.1, 0.15) is 38.7 Å². The van der Waals surface area contributed by atoms with E-state index in [0.29, 0.717) is 25.9 Å². The minimum absolute atomic E-state index is 0.0141. The predicted octanol–water partition coefficient (Wildman–Crippen LogP) is 3.81. The lowest BCUT2D eigenvalue weighted by atomic mass is 10.1. The van der Waals surface area contributed by atoms with E-state index < -0.39 is 0 Å². The standard InChI is InChI=1S/C17H28O3/c1-4-9-16(5-2)20-17(13-18-3)14-19-12-15-10-7-6-8-11-15/h6-8,10-11,16-17H,4-5,9,12-14H2,1-3H3. The molecule has 1 rings (SSSR count). The Labute approximate surface area is 123 Å². The van der Waals surface area contributed by atoms with E-state index in [-0.39, 0.29) is 6.10 Å². The van der Waals surface area contributed by atoms with Crippen LogP contribution in [0.4, 0.5) is 0 Å². The van der Waals surface area contributed by atoms with Gasteiger partial charge in [0.2, 0.25) is 0 Å². The third-order valence-electron chi connectivity index (χ3n) is 3.22. The molecule has 0 radical (unpaired) electrons. The topological polar surface area (TPSA) is 27.7 Å². The van der Waals surface area contributed by atoms with Crippen LogP contribution in [-0.2, 0) is 20.8 Å². The monoisotopic (exact) mass is 280 g/mol. The SMILES string of the molecule is CCCC(CC)OC(COC)COCc1ccccc1. The molecule has 0 aliphatic rings. The van der Waals surface area contributed by atoms with Crippen molar-refractivity contribution in [1.82, 2.24) is 0 Å². The van der Waals surface area contributed by atoms with Crippen molar-refractivity contribution >= 4 is 0 Å². The molecular weight excluding hydrogens is 252 g/mol. The molecular formula is C17H28O3. The van der Waals surface area contributed by atoms with Crippen molar-refractivity contribution in [1.29, 1.82) is 0 Å². The number of benzene rings is 1. The van der Waals surface area contributed by atoms with E-state index in [1.807, 2.05) is 18.2 Å². The van der Waals surface area contributed by atoms with Crippen LogP contribution in [0.15, 0.2) is 30.3 Å². The molecule has 20 heavy (non-hydrogen) atoms. The van der Waals surface area contributed by atoms with E-state index in [9.17, 15) is 0 Å². The molecule has 0 heterocycles. The summed E-state index contributed by atoms with van der Waals surface area (Å²) in [5.41, 5.74) is 1.18. The quantitative estimate of drug-likeness (QED) is 0.617. The van der Waals surface area contributed by atoms with Gasteiger partial charge in [0.05, 0.1) is 25.9 Å². The summed E-state index contributed by atoms with van der Waals surface area (Å²) < 4.78 is 17.0. The first-order valence-corrected chi connectivity index (χ1v) is 7.56. The Morgan fingerprint density at radius 3 is 2.35 bits per heavy atom. The Balaban J connectivity index is 2.34. The van der Waals surface area contributed by atoms with Crippen molar-refractivity contribution in [2.45, 2.75) is 51.9 Å². The van der Waals surface area contributed by atoms with Gasteiger partial charge < -0.3 is 14.2 Å². The van der Waals surface area contributed by atoms with E-state index in [4.69, 9.17) is 14.2 Å². The summed E-state index contributed by atoms with van der Waals surface area (Å²) in [6, 6.07) is 10.2. The minimum Gasteiger partial charge on any atom is -0.382 e. The Morgan fingerprint density at radius 1 is 1.00 bits per heavy atom. The first-order chi connectivity index (χ1) is 9.80. The van der Waals surface area contributed by atoms with Gasteiger partial charge >= 0.3 is 0 Å². The second-order valence-electron chi connectivity index (χ2n) is 5.03. The van der Waals surface area contributed by atoms with Gasteiger partial charge in [0.15, 0.2) is 0 Å². The van der Waals surface area contributed by atoms with Gasteiger partial charge in [-0.25, -0.2) is 0 Å². The number of hydrogen-bond acceptors (Lipinski definition) is 3. The number of hydrogen-bond donors (Lipinski definition) is 0. The van der Waals surface area contributed by atoms with Gasteiger partial charge in [0, 0.05) is 7.11 Å². The molecule has 0 saturated carbocycles. The molecule has 0 spiro atoms. The molecule has 0 aromatic heterocycles. The van der Waals surface area contributed by atoms with E-state index in [0.717, 1.165) is 19.3 Å². The summed E-state index contributed by atoms with van der Waals surface area (Å²) >= 11 is 0. The third-order valence-corrected chi connectivity index (χ3v) is 3.22. The number of ether oxygens (including phenoxy) is 3. The van der Waals surface area contributed by atoms with Crippen molar-refractivity contribution in [2.24, 2.45) is 0 Å². The van der Waals surface area contributed by atoms with Crippen molar-refractivity contribution in [3.8, 4) is 0 Å². The highest BCUT2D eigenvalue weighted by molar-refractivity contribution is 5.13. The Hall–Kier alpha value is -0.900. The summed E-state index contributed by atoms with van der Waals surface area (Å²) in [7, 11) is 1.70. The Bertz CT molecular complexity index is 326. The normalized spacial score (nSPS) is 14.2. The molecule has 0 amide bonds. The molecule has 0 aliphatic carbocycles. The second-order valence-corrected chi connectivity index (χ2v) is 5.03. The van der Waals surface area contributed by atoms with Crippen LogP contribution in [0, 0.1) is 0 Å². The lowest BCUT2D eigenvalue weighted by Gasteiger charge is -2.23. The van der Waals surface area contributed by atoms with Gasteiger partial charge in [0.25, 0.3) is 0 Å². The van der Waals surface area contributed by atoms with Crippen LogP contribution in [0.25, 0.3) is 0 Å². The minimum atomic E-state index is 0.0141. The maximum absolute atomic E-state index is 6.07. The van der Waals surface area contributed by atoms with E-state index in [1.165, 1.54) is 5.56 Å². The summed E-state index contributed by atoms with van der Waals surface area (Å²) in [6.45, 7) is 6.12. The van der Waals surface area contributed by atoms with Crippen molar-refractivity contribution in [2.75, 3.05) is 20.3 Å². The Kier molecular flexibility index (Phi) is 9.29. The molecule has 0 fully saturated rings. The van der Waals surface area contributed by atoms with Gasteiger partial charge in [-0.15, -0.1) is 0 Å². The molecule has 2 atom stereocenters. The summed E-state index contributed by atoms with van der Waals surface area (Å²) in [5, 5.41) is 0. The van der Waals surface area contributed by atoms with Gasteiger partial charge in [-0.05, 0) is 18.4 Å². The molecule has 0 aliphatic heterocycles. The maximum Gasteiger partial charge on any atom is 0.104 e. The smallest absolute Gasteiger partial charge is 0.104 e. The van der Waals surface area contributed by atoms with Crippen LogP contribution in [0.2, 0.25) is 0 Å². The molecule has 2 unspecified atom stereocenters. The van der Waals surface area contributed by atoms with Gasteiger partial charge in [-0.1, -0.05) is 50.6 Å². The highest BCUT2D eigenvalue weighted by atomic mass is 16.6. The second kappa shape index (κ2) is 10.8. The van der Waals surface area contributed by atoms with E-state index >= 15 is 0 Å². The fourth-order valence-corrected chi connectivity index (χ4v) is 2.16. The predicted molar refractivity (Wildman–Crippen MR) is 81.8 cm³/mol. The van der Waals surface area contributed by atoms with E-state index in [1.54, 1.807) is 7.11 Å². The highest BCUT2D eigenvalue weighted by Crippen LogP contribution is 2.11. The fourth-order valence-electron chi connectivity index (χ4n) is 2.16. The highest BCUT2D eigenvalue weighted by Gasteiger charge is 2.15. The van der Waals surface area contributed by atoms with Crippen molar-refractivity contribution in [3.63, 3.8) is 0 Å². The lowest BCUT2D eigenvalue weighted by Crippen LogP contribution is -2.30. The molecule has 0 N–H and O–H groups in total. The number of rotatable bonds is 11. The largest absolute Gasteiger partial charge is 0.382 e. The average Bonchev–Trinajstić information content (AvgIpc) is 2.48. The maximum atomic E-state index is 6.07. The van der Waals surface area contributed by atoms with Gasteiger partial charge in [-0.3, -0.25) is 0 Å². The van der Waals surface area contributed by atoms with Crippen molar-refractivity contribution < 1.29 is 14.2 Å². The molecule has 0 saturated heterocycles. The molecule has 1 aromatic rings. The van der Waals surface area contributed by atoms with E-state index in [2.05, 4.69) is 26.0 Å². The van der Waals surface area contributed by atoms with Crippen LogP contribution in [-0.4, -0.2) is 32.5 Å². The van der Waals surface area contributed by atoms with Crippen molar-refractivity contribution in [3.05, 3.63) is 35.9 Å². The first kappa shape index (κ1) is 17.2. The van der Waals surface area contributed by atoms with Crippen LogP contribution >= 0.6 is 0 Å². The molecule has 0 bridgehead atoms. The molecule has 114 valence electrons. The zero-order valence-electron chi connectivity index (χ0n) is 13.0. The fraction of sp³-hybridized carbons (Fsp3) is 0.647. The third kappa shape index (κ3) is 7.04. The zero-order valence-corrected chi connectivity index (χ0v) is 13.0. The number of methoxy groups -OCH3 is 1. The summed E-state index contributed by atoms with van der Waals surface area (Å²) in [4.78, 5) is 0. The van der Waals surface area contributed by atoms with Crippen LogP contribution in [0.5, 0.6) is 0 Å². The summed E-state index contributed by atoms with van der Waals surface area (Å²) in [5.74, 6) is 0. The average molecular weight is 280 g/mol. The zero-order chi connectivity index (χ0) is 14.6. The van der Waals surface area contributed by atoms with Crippen LogP contribution in [0.3, 0.4) is 0 Å². The molecule has 3 heteroatoms. The summed E-state index contributed by atoms with van der Waals surface area (Å²) in [6.07, 6.45) is 3.59. The molecule has 1 aromatic carbocycles. The Morgan fingerprint density at radius 2 is 1.75 bits per heavy atom. The molecule has 3 nitrogen and oxygen atoms in total.